The normalized spacial score (nSPS) is 13.7. The Labute approximate surface area is 269 Å². The molecule has 1 aliphatic heterocycles. The standard InChI is InChI=1S/C34H27Cl2FN2O6/c1-3-12-42-32-25(35)13-21(14-26(32)36)34(40)44-22-9-10-23-29(16-22)45-33(39)24(17-38)31(23)19-8-11-28(30(15-19)41-2)43-18-20-6-4-5-7-27(20)37/h4-11,13-16,31H,3,12,18,39H2,1-2H3. The highest BCUT2D eigenvalue weighted by atomic mass is 35.5. The highest BCUT2D eigenvalue weighted by Gasteiger charge is 2.32. The Morgan fingerprint density at radius 1 is 1.02 bits per heavy atom. The first-order valence-corrected chi connectivity index (χ1v) is 14.6. The van der Waals surface area contributed by atoms with Crippen molar-refractivity contribution in [1.29, 1.82) is 5.26 Å². The first-order valence-electron chi connectivity index (χ1n) is 13.8. The molecule has 1 unspecified atom stereocenters. The van der Waals surface area contributed by atoms with Gasteiger partial charge in [-0.25, -0.2) is 9.18 Å². The van der Waals surface area contributed by atoms with Crippen LogP contribution in [0, 0.1) is 17.1 Å². The number of nitrogens with zero attached hydrogens (tertiary/aromatic N) is 1. The number of rotatable bonds is 10. The second kappa shape index (κ2) is 13.8. The molecular weight excluding hydrogens is 622 g/mol. The van der Waals surface area contributed by atoms with Gasteiger partial charge in [-0.15, -0.1) is 0 Å². The molecule has 0 bridgehead atoms. The summed E-state index contributed by atoms with van der Waals surface area (Å²) in [5.41, 5.74) is 8.15. The van der Waals surface area contributed by atoms with E-state index in [4.69, 9.17) is 52.6 Å². The molecule has 230 valence electrons. The lowest BCUT2D eigenvalue weighted by Gasteiger charge is -2.27. The summed E-state index contributed by atoms with van der Waals surface area (Å²) in [6, 6.07) is 21.2. The number of hydrogen-bond acceptors (Lipinski definition) is 8. The molecule has 0 radical (unpaired) electrons. The summed E-state index contributed by atoms with van der Waals surface area (Å²) in [6.45, 7) is 2.36. The number of nitrogens with two attached hydrogens (primary N) is 1. The number of fused-ring (bicyclic) bond motifs is 1. The van der Waals surface area contributed by atoms with Gasteiger partial charge in [-0.1, -0.05) is 60.5 Å². The van der Waals surface area contributed by atoms with E-state index in [1.165, 1.54) is 31.4 Å². The molecule has 11 heteroatoms. The van der Waals surface area contributed by atoms with Gasteiger partial charge in [0, 0.05) is 17.2 Å². The number of allylic oxidation sites excluding steroid dienone is 1. The van der Waals surface area contributed by atoms with E-state index in [9.17, 15) is 14.4 Å². The van der Waals surface area contributed by atoms with Gasteiger partial charge in [0.25, 0.3) is 0 Å². The summed E-state index contributed by atoms with van der Waals surface area (Å²) in [7, 11) is 1.48. The maximum atomic E-state index is 14.1. The van der Waals surface area contributed by atoms with Gasteiger partial charge in [0.1, 0.15) is 35.6 Å². The fourth-order valence-electron chi connectivity index (χ4n) is 4.78. The SMILES string of the molecule is CCCOc1c(Cl)cc(C(=O)Oc2ccc3c(c2)OC(N)=C(C#N)C3c2ccc(OCc3ccccc3F)c(OC)c2)cc1Cl. The molecule has 0 aromatic heterocycles. The Bertz CT molecular complexity index is 1820. The van der Waals surface area contributed by atoms with Crippen molar-refractivity contribution in [1.82, 2.24) is 0 Å². The van der Waals surface area contributed by atoms with Crippen molar-refractivity contribution in [2.45, 2.75) is 25.9 Å². The Kier molecular flexibility index (Phi) is 9.67. The molecular formula is C34H27Cl2FN2O6. The van der Waals surface area contributed by atoms with Crippen molar-refractivity contribution in [3.05, 3.63) is 122 Å². The number of ether oxygens (including phenoxy) is 5. The number of hydrogen-bond donors (Lipinski definition) is 1. The Balaban J connectivity index is 1.41. The molecule has 1 atom stereocenters. The first-order chi connectivity index (χ1) is 21.7. The smallest absolute Gasteiger partial charge is 0.343 e. The van der Waals surface area contributed by atoms with Crippen LogP contribution in [0.25, 0.3) is 0 Å². The molecule has 1 heterocycles. The summed E-state index contributed by atoms with van der Waals surface area (Å²) in [5, 5.41) is 10.4. The number of methoxy groups -OCH3 is 1. The highest BCUT2D eigenvalue weighted by molar-refractivity contribution is 6.37. The van der Waals surface area contributed by atoms with Crippen LogP contribution in [0.5, 0.6) is 28.7 Å². The summed E-state index contributed by atoms with van der Waals surface area (Å²) in [5.74, 6) is -0.296. The van der Waals surface area contributed by atoms with Crippen LogP contribution in [0.2, 0.25) is 10.0 Å². The minimum Gasteiger partial charge on any atom is -0.493 e. The van der Waals surface area contributed by atoms with Gasteiger partial charge >= 0.3 is 5.97 Å². The van der Waals surface area contributed by atoms with Gasteiger partial charge in [0.2, 0.25) is 5.88 Å². The predicted molar refractivity (Wildman–Crippen MR) is 167 cm³/mol. The number of nitriles is 1. The summed E-state index contributed by atoms with van der Waals surface area (Å²) < 4.78 is 42.4. The lowest BCUT2D eigenvalue weighted by Crippen LogP contribution is -2.21. The Morgan fingerprint density at radius 3 is 2.47 bits per heavy atom. The van der Waals surface area contributed by atoms with E-state index in [-0.39, 0.29) is 45.2 Å². The van der Waals surface area contributed by atoms with Crippen LogP contribution in [0.4, 0.5) is 4.39 Å². The molecule has 0 amide bonds. The lowest BCUT2D eigenvalue weighted by molar-refractivity contribution is 0.0734. The molecule has 0 spiro atoms. The fourth-order valence-corrected chi connectivity index (χ4v) is 5.38. The molecule has 0 aliphatic carbocycles. The van der Waals surface area contributed by atoms with E-state index in [0.29, 0.717) is 46.3 Å². The highest BCUT2D eigenvalue weighted by Crippen LogP contribution is 2.45. The van der Waals surface area contributed by atoms with Crippen LogP contribution in [-0.4, -0.2) is 19.7 Å². The van der Waals surface area contributed by atoms with Crippen LogP contribution in [0.3, 0.4) is 0 Å². The van der Waals surface area contributed by atoms with E-state index in [1.807, 2.05) is 6.92 Å². The van der Waals surface area contributed by atoms with E-state index >= 15 is 0 Å². The van der Waals surface area contributed by atoms with Gasteiger partial charge in [-0.05, 0) is 48.4 Å². The quantitative estimate of drug-likeness (QED) is 0.136. The van der Waals surface area contributed by atoms with E-state index in [1.54, 1.807) is 48.5 Å². The van der Waals surface area contributed by atoms with Crippen molar-refractivity contribution in [3.8, 4) is 34.8 Å². The molecule has 0 fully saturated rings. The molecule has 8 nitrogen and oxygen atoms in total. The largest absolute Gasteiger partial charge is 0.493 e. The third-order valence-electron chi connectivity index (χ3n) is 6.95. The van der Waals surface area contributed by atoms with Crippen molar-refractivity contribution >= 4 is 29.2 Å². The Morgan fingerprint density at radius 2 is 1.78 bits per heavy atom. The van der Waals surface area contributed by atoms with Crippen LogP contribution in [0.1, 0.15) is 46.3 Å². The molecule has 45 heavy (non-hydrogen) atoms. The predicted octanol–water partition coefficient (Wildman–Crippen LogP) is 7.95. The maximum Gasteiger partial charge on any atom is 0.343 e. The van der Waals surface area contributed by atoms with Gasteiger partial charge in [-0.3, -0.25) is 0 Å². The van der Waals surface area contributed by atoms with Crippen molar-refractivity contribution in [3.63, 3.8) is 0 Å². The zero-order valence-electron chi connectivity index (χ0n) is 24.2. The summed E-state index contributed by atoms with van der Waals surface area (Å²) >= 11 is 12.6. The molecule has 0 saturated heterocycles. The van der Waals surface area contributed by atoms with Crippen molar-refractivity contribution in [2.24, 2.45) is 5.73 Å². The van der Waals surface area contributed by atoms with E-state index < -0.39 is 11.9 Å². The molecule has 4 aromatic rings. The number of carbonyl (C=O) groups excluding carboxylic acids is 1. The lowest BCUT2D eigenvalue weighted by atomic mass is 9.83. The third kappa shape index (κ3) is 6.78. The second-order valence-electron chi connectivity index (χ2n) is 9.92. The minimum atomic E-state index is -0.704. The van der Waals surface area contributed by atoms with Crippen LogP contribution in [0.15, 0.2) is 84.3 Å². The van der Waals surface area contributed by atoms with E-state index in [0.717, 1.165) is 6.42 Å². The second-order valence-corrected chi connectivity index (χ2v) is 10.7. The average Bonchev–Trinajstić information content (AvgIpc) is 3.03. The topological polar surface area (TPSA) is 113 Å². The van der Waals surface area contributed by atoms with Gasteiger partial charge in [0.05, 0.1) is 35.2 Å². The molecule has 0 saturated carbocycles. The third-order valence-corrected chi connectivity index (χ3v) is 7.51. The molecule has 4 aromatic carbocycles. The maximum absolute atomic E-state index is 14.1. The van der Waals surface area contributed by atoms with Crippen molar-refractivity contribution < 1.29 is 32.9 Å². The molecule has 1 aliphatic rings. The molecule has 5 rings (SSSR count). The van der Waals surface area contributed by atoms with Gasteiger partial charge < -0.3 is 29.4 Å². The van der Waals surface area contributed by atoms with Gasteiger partial charge in [0.15, 0.2) is 17.2 Å². The zero-order valence-corrected chi connectivity index (χ0v) is 25.7. The van der Waals surface area contributed by atoms with E-state index in [2.05, 4.69) is 6.07 Å². The van der Waals surface area contributed by atoms with Crippen LogP contribution >= 0.6 is 23.2 Å². The van der Waals surface area contributed by atoms with Gasteiger partial charge in [-0.2, -0.15) is 5.26 Å². The van der Waals surface area contributed by atoms with Crippen molar-refractivity contribution in [2.75, 3.05) is 13.7 Å². The summed E-state index contributed by atoms with van der Waals surface area (Å²) in [6.07, 6.45) is 0.762. The van der Waals surface area contributed by atoms with Crippen LogP contribution in [-0.2, 0) is 6.61 Å². The summed E-state index contributed by atoms with van der Waals surface area (Å²) in [4.78, 5) is 13.0. The first kappa shape index (κ1) is 31.5. The number of esters is 1. The number of halogens is 3. The minimum absolute atomic E-state index is 0.00450. The number of benzene rings is 4. The number of carbonyl (C=O) groups is 1. The molecule has 2 N–H and O–H groups in total. The average molecular weight is 650 g/mol. The fraction of sp³-hybridized carbons (Fsp3) is 0.176. The monoisotopic (exact) mass is 648 g/mol. The Hall–Kier alpha value is -4.91. The van der Waals surface area contributed by atoms with Crippen LogP contribution < -0.4 is 29.4 Å². The zero-order chi connectivity index (χ0) is 32.1.